The highest BCUT2D eigenvalue weighted by molar-refractivity contribution is 5.89. The summed E-state index contributed by atoms with van der Waals surface area (Å²) in [6.07, 6.45) is 2.26. The van der Waals surface area contributed by atoms with Crippen LogP contribution in [0.15, 0.2) is 24.4 Å². The number of benzene rings is 1. The van der Waals surface area contributed by atoms with Gasteiger partial charge in [-0.05, 0) is 37.9 Å². The Balaban J connectivity index is 1.50. The lowest BCUT2D eigenvalue weighted by atomic mass is 10.1. The fraction of sp³-hybridized carbons (Fsp3) is 0.471. The Labute approximate surface area is 135 Å². The highest BCUT2D eigenvalue weighted by Gasteiger charge is 2.31. The van der Waals surface area contributed by atoms with E-state index in [4.69, 9.17) is 4.74 Å². The largest absolute Gasteiger partial charge is 0.373 e. The van der Waals surface area contributed by atoms with E-state index in [0.29, 0.717) is 26.1 Å². The second kappa shape index (κ2) is 6.68. The van der Waals surface area contributed by atoms with Crippen molar-refractivity contribution in [3.05, 3.63) is 35.8 Å². The molecule has 0 radical (unpaired) electrons. The number of H-pyrrole nitrogens is 1. The summed E-state index contributed by atoms with van der Waals surface area (Å²) >= 11 is 0. The zero-order valence-corrected chi connectivity index (χ0v) is 13.5. The molecule has 0 unspecified atom stereocenters. The summed E-state index contributed by atoms with van der Waals surface area (Å²) in [7, 11) is 4.01. The molecule has 23 heavy (non-hydrogen) atoms. The molecule has 0 aliphatic carbocycles. The van der Waals surface area contributed by atoms with E-state index in [1.165, 1.54) is 12.1 Å². The summed E-state index contributed by atoms with van der Waals surface area (Å²) < 4.78 is 18.9. The quantitative estimate of drug-likeness (QED) is 0.880. The van der Waals surface area contributed by atoms with E-state index < -0.39 is 0 Å². The molecule has 3 rings (SSSR count). The monoisotopic (exact) mass is 319 g/mol. The minimum atomic E-state index is -0.280. The van der Waals surface area contributed by atoms with Crippen LogP contribution in [-0.2, 0) is 16.0 Å². The number of hydrogen-bond acceptors (Lipinski definition) is 3. The van der Waals surface area contributed by atoms with Gasteiger partial charge >= 0.3 is 0 Å². The molecular weight excluding hydrogens is 297 g/mol. The van der Waals surface area contributed by atoms with Crippen LogP contribution in [0.3, 0.4) is 0 Å². The van der Waals surface area contributed by atoms with Crippen molar-refractivity contribution >= 4 is 16.8 Å². The van der Waals surface area contributed by atoms with Crippen molar-refractivity contribution in [2.45, 2.75) is 12.5 Å². The summed E-state index contributed by atoms with van der Waals surface area (Å²) in [5.41, 5.74) is 1.63. The molecule has 124 valence electrons. The molecule has 0 saturated carbocycles. The lowest BCUT2D eigenvalue weighted by molar-refractivity contribution is -0.144. The molecular formula is C17H22FN3O2. The van der Waals surface area contributed by atoms with E-state index in [9.17, 15) is 9.18 Å². The number of carbonyl (C=O) groups is 1. The maximum Gasteiger partial charge on any atom is 0.227 e. The topological polar surface area (TPSA) is 48.6 Å². The van der Waals surface area contributed by atoms with Gasteiger partial charge in [-0.1, -0.05) is 0 Å². The zero-order valence-electron chi connectivity index (χ0n) is 13.5. The SMILES string of the molecule is CN(C)CCOC1CN(C(=O)Cc2c[nH]c3cc(F)ccc23)C1. The zero-order chi connectivity index (χ0) is 16.4. The summed E-state index contributed by atoms with van der Waals surface area (Å²) in [6.45, 7) is 2.89. The van der Waals surface area contributed by atoms with E-state index in [0.717, 1.165) is 23.0 Å². The molecule has 1 amide bonds. The summed E-state index contributed by atoms with van der Waals surface area (Å²) in [5.74, 6) is -0.194. The molecule has 2 heterocycles. The van der Waals surface area contributed by atoms with Gasteiger partial charge in [0.05, 0.1) is 19.1 Å². The molecule has 1 aliphatic heterocycles. The second-order valence-corrected chi connectivity index (χ2v) is 6.28. The van der Waals surface area contributed by atoms with Gasteiger partial charge in [-0.25, -0.2) is 4.39 Å². The average molecular weight is 319 g/mol. The van der Waals surface area contributed by atoms with Crippen LogP contribution in [0.2, 0.25) is 0 Å². The maximum absolute atomic E-state index is 13.2. The van der Waals surface area contributed by atoms with Crippen molar-refractivity contribution in [3.8, 4) is 0 Å². The number of nitrogens with one attached hydrogen (secondary N) is 1. The molecule has 1 N–H and O–H groups in total. The fourth-order valence-corrected chi connectivity index (χ4v) is 2.73. The lowest BCUT2D eigenvalue weighted by Crippen LogP contribution is -2.55. The number of fused-ring (bicyclic) bond motifs is 1. The van der Waals surface area contributed by atoms with Crippen LogP contribution >= 0.6 is 0 Å². The van der Waals surface area contributed by atoms with Crippen LogP contribution in [0, 0.1) is 5.82 Å². The number of aromatic amines is 1. The maximum atomic E-state index is 13.2. The molecule has 0 atom stereocenters. The highest BCUT2D eigenvalue weighted by atomic mass is 19.1. The van der Waals surface area contributed by atoms with Crippen molar-refractivity contribution in [2.24, 2.45) is 0 Å². The van der Waals surface area contributed by atoms with Gasteiger partial charge in [0.25, 0.3) is 0 Å². The third-order valence-corrected chi connectivity index (χ3v) is 4.16. The minimum Gasteiger partial charge on any atom is -0.373 e. The molecule has 6 heteroatoms. The van der Waals surface area contributed by atoms with E-state index in [1.54, 1.807) is 12.3 Å². The number of halogens is 1. The Kier molecular flexibility index (Phi) is 4.63. The van der Waals surface area contributed by atoms with Gasteiger partial charge < -0.3 is 19.5 Å². The van der Waals surface area contributed by atoms with Crippen molar-refractivity contribution < 1.29 is 13.9 Å². The standard InChI is InChI=1S/C17H22FN3O2/c1-20(2)5-6-23-14-10-21(11-14)17(22)7-12-9-19-16-8-13(18)3-4-15(12)16/h3-4,8-9,14,19H,5-7,10-11H2,1-2H3. The third kappa shape index (κ3) is 3.71. The van der Waals surface area contributed by atoms with E-state index in [2.05, 4.69) is 9.88 Å². The van der Waals surface area contributed by atoms with E-state index >= 15 is 0 Å². The van der Waals surface area contributed by atoms with Crippen LogP contribution < -0.4 is 0 Å². The number of aromatic nitrogens is 1. The van der Waals surface area contributed by atoms with E-state index in [1.807, 2.05) is 19.0 Å². The normalized spacial score (nSPS) is 15.4. The van der Waals surface area contributed by atoms with Crippen LogP contribution in [0.1, 0.15) is 5.56 Å². The summed E-state index contributed by atoms with van der Waals surface area (Å²) in [6, 6.07) is 4.58. The van der Waals surface area contributed by atoms with Gasteiger partial charge in [0, 0.05) is 36.7 Å². The van der Waals surface area contributed by atoms with Crippen LogP contribution in [0.5, 0.6) is 0 Å². The van der Waals surface area contributed by atoms with Gasteiger partial charge in [-0.15, -0.1) is 0 Å². The first-order chi connectivity index (χ1) is 11.0. The molecule has 1 fully saturated rings. The Morgan fingerprint density at radius 3 is 2.96 bits per heavy atom. The summed E-state index contributed by atoms with van der Waals surface area (Å²) in [4.78, 5) is 19.2. The van der Waals surface area contributed by atoms with Crippen molar-refractivity contribution in [1.29, 1.82) is 0 Å². The number of ether oxygens (including phenoxy) is 1. The van der Waals surface area contributed by atoms with E-state index in [-0.39, 0.29) is 17.8 Å². The third-order valence-electron chi connectivity index (χ3n) is 4.16. The number of carbonyl (C=O) groups excluding carboxylic acids is 1. The smallest absolute Gasteiger partial charge is 0.227 e. The molecule has 0 spiro atoms. The first kappa shape index (κ1) is 16.0. The molecule has 1 aromatic heterocycles. The fourth-order valence-electron chi connectivity index (χ4n) is 2.73. The average Bonchev–Trinajstić information content (AvgIpc) is 2.83. The van der Waals surface area contributed by atoms with Crippen molar-refractivity contribution in [1.82, 2.24) is 14.8 Å². The first-order valence-corrected chi connectivity index (χ1v) is 7.82. The number of likely N-dealkylation sites (N-methyl/N-ethyl adjacent to an activating group) is 1. The highest BCUT2D eigenvalue weighted by Crippen LogP contribution is 2.21. The van der Waals surface area contributed by atoms with Gasteiger partial charge in [0.1, 0.15) is 5.82 Å². The van der Waals surface area contributed by atoms with Crippen molar-refractivity contribution in [2.75, 3.05) is 40.3 Å². The Morgan fingerprint density at radius 1 is 1.43 bits per heavy atom. The number of hydrogen-bond donors (Lipinski definition) is 1. The predicted octanol–water partition coefficient (Wildman–Crippen LogP) is 1.64. The van der Waals surface area contributed by atoms with Crippen LogP contribution in [-0.4, -0.2) is 67.1 Å². The molecule has 1 aliphatic rings. The van der Waals surface area contributed by atoms with Gasteiger partial charge in [-0.2, -0.15) is 0 Å². The number of rotatable bonds is 6. The number of nitrogens with zero attached hydrogens (tertiary/aromatic N) is 2. The molecule has 2 aromatic rings. The Morgan fingerprint density at radius 2 is 2.22 bits per heavy atom. The molecule has 0 bridgehead atoms. The predicted molar refractivity (Wildman–Crippen MR) is 86.8 cm³/mol. The van der Waals surface area contributed by atoms with Crippen LogP contribution in [0.25, 0.3) is 10.9 Å². The lowest BCUT2D eigenvalue weighted by Gasteiger charge is -2.39. The summed E-state index contributed by atoms with van der Waals surface area (Å²) in [5, 5.41) is 0.902. The first-order valence-electron chi connectivity index (χ1n) is 7.82. The molecule has 1 aromatic carbocycles. The second-order valence-electron chi connectivity index (χ2n) is 6.28. The Hall–Kier alpha value is -1.92. The Bertz CT molecular complexity index is 692. The molecule has 5 nitrogen and oxygen atoms in total. The van der Waals surface area contributed by atoms with Crippen LogP contribution in [0.4, 0.5) is 4.39 Å². The number of likely N-dealkylation sites (tertiary alicyclic amines) is 1. The minimum absolute atomic E-state index is 0.0858. The molecule has 1 saturated heterocycles. The van der Waals surface area contributed by atoms with Gasteiger partial charge in [0.2, 0.25) is 5.91 Å². The van der Waals surface area contributed by atoms with Gasteiger partial charge in [0.15, 0.2) is 0 Å². The van der Waals surface area contributed by atoms with Gasteiger partial charge in [-0.3, -0.25) is 4.79 Å². The van der Waals surface area contributed by atoms with Crippen molar-refractivity contribution in [3.63, 3.8) is 0 Å². The number of amides is 1.